The fourth-order valence-corrected chi connectivity index (χ4v) is 3.44. The molecule has 0 aliphatic rings. The number of alkyl halides is 3. The van der Waals surface area contributed by atoms with Crippen molar-refractivity contribution in [2.45, 2.75) is 45.4 Å². The van der Waals surface area contributed by atoms with Crippen LogP contribution in [-0.2, 0) is 28.7 Å². The average Bonchev–Trinajstić information content (AvgIpc) is 2.76. The van der Waals surface area contributed by atoms with Crippen molar-refractivity contribution >= 4 is 16.9 Å². The molecule has 3 aromatic rings. The normalized spacial score (nSPS) is 11.5. The molecule has 0 amide bonds. The number of carbonyl (C=O) groups excluding carboxylic acids is 1. The predicted molar refractivity (Wildman–Crippen MR) is 116 cm³/mol. The Balaban J connectivity index is 2.01. The van der Waals surface area contributed by atoms with Gasteiger partial charge < -0.3 is 9.15 Å². The molecule has 0 radical (unpaired) electrons. The van der Waals surface area contributed by atoms with Crippen LogP contribution in [0.25, 0.3) is 22.1 Å². The molecule has 32 heavy (non-hydrogen) atoms. The molecule has 0 bridgehead atoms. The van der Waals surface area contributed by atoms with Gasteiger partial charge in [-0.25, -0.2) is 9.59 Å². The summed E-state index contributed by atoms with van der Waals surface area (Å²) in [5, 5.41) is 0.457. The van der Waals surface area contributed by atoms with Gasteiger partial charge in [0.2, 0.25) is 0 Å². The van der Waals surface area contributed by atoms with E-state index in [1.54, 1.807) is 18.2 Å². The number of unbranched alkanes of at least 4 members (excludes halogenated alkanes) is 2. The van der Waals surface area contributed by atoms with E-state index in [1.807, 2.05) is 6.92 Å². The van der Waals surface area contributed by atoms with E-state index in [9.17, 15) is 22.8 Å². The first-order valence-electron chi connectivity index (χ1n) is 10.3. The van der Waals surface area contributed by atoms with Gasteiger partial charge in [-0.1, -0.05) is 50.6 Å². The summed E-state index contributed by atoms with van der Waals surface area (Å²) in [6.07, 6.45) is -0.331. The summed E-state index contributed by atoms with van der Waals surface area (Å²) in [5.74, 6) is -0.597. The molecule has 1 heterocycles. The zero-order chi connectivity index (χ0) is 23.3. The summed E-state index contributed by atoms with van der Waals surface area (Å²) in [5.41, 5.74) is -0.759. The Labute approximate surface area is 183 Å². The number of esters is 1. The molecule has 1 aromatic heterocycles. The van der Waals surface area contributed by atoms with Gasteiger partial charge in [0, 0.05) is 17.0 Å². The number of carbonyl (C=O) groups is 1. The van der Waals surface area contributed by atoms with Crippen LogP contribution >= 0.6 is 0 Å². The summed E-state index contributed by atoms with van der Waals surface area (Å²) >= 11 is 0. The van der Waals surface area contributed by atoms with Gasteiger partial charge in [0.15, 0.2) is 0 Å². The highest BCUT2D eigenvalue weighted by Gasteiger charge is 2.34. The minimum Gasteiger partial charge on any atom is -0.458 e. The van der Waals surface area contributed by atoms with Crippen LogP contribution in [0, 0.1) is 0 Å². The number of aryl methyl sites for hydroxylation is 1. The first kappa shape index (κ1) is 23.3. The second-order valence-electron chi connectivity index (χ2n) is 7.47. The number of halogens is 3. The average molecular weight is 444 g/mol. The summed E-state index contributed by atoms with van der Waals surface area (Å²) in [4.78, 5) is 23.8. The quantitative estimate of drug-likeness (QED) is 0.174. The summed E-state index contributed by atoms with van der Waals surface area (Å²) in [6, 6.07) is 10.2. The zero-order valence-electron chi connectivity index (χ0n) is 17.6. The van der Waals surface area contributed by atoms with Crippen LogP contribution < -0.4 is 5.63 Å². The number of rotatable bonds is 8. The molecule has 0 unspecified atom stereocenters. The fourth-order valence-electron chi connectivity index (χ4n) is 3.44. The zero-order valence-corrected chi connectivity index (χ0v) is 17.6. The van der Waals surface area contributed by atoms with Crippen molar-refractivity contribution < 1.29 is 27.1 Å². The van der Waals surface area contributed by atoms with Crippen molar-refractivity contribution in [1.29, 1.82) is 0 Å². The standard InChI is InChI=1S/C25H23F3O4/c1-3-5-6-7-16-9-11-19(21(12-16)25(26,27)28)20-14-18-10-8-17(15-31-23(29)4-2)13-22(18)32-24(20)30/h4,8-14H,2-3,5-7,15H2,1H3. The Morgan fingerprint density at radius 3 is 2.50 bits per heavy atom. The van der Waals surface area contributed by atoms with Crippen LogP contribution in [0.5, 0.6) is 0 Å². The molecule has 0 aliphatic heterocycles. The van der Waals surface area contributed by atoms with Crippen LogP contribution in [0.1, 0.15) is 42.9 Å². The molecular formula is C25H23F3O4. The Kier molecular flexibility index (Phi) is 7.18. The molecule has 0 atom stereocenters. The molecular weight excluding hydrogens is 421 g/mol. The molecule has 3 rings (SSSR count). The third-order valence-electron chi connectivity index (χ3n) is 5.10. The van der Waals surface area contributed by atoms with E-state index in [1.165, 1.54) is 18.2 Å². The van der Waals surface area contributed by atoms with E-state index in [0.29, 0.717) is 22.9 Å². The number of hydrogen-bond acceptors (Lipinski definition) is 4. The SMILES string of the molecule is C=CC(=O)OCc1ccc2cc(-c3ccc(CCCCC)cc3C(F)(F)F)c(=O)oc2c1. The summed E-state index contributed by atoms with van der Waals surface area (Å²) in [6.45, 7) is 5.28. The van der Waals surface area contributed by atoms with Gasteiger partial charge in [0.1, 0.15) is 12.2 Å². The molecule has 0 saturated carbocycles. The van der Waals surface area contributed by atoms with Crippen LogP contribution in [0.3, 0.4) is 0 Å². The highest BCUT2D eigenvalue weighted by Crippen LogP contribution is 2.37. The Hall–Kier alpha value is -3.35. The molecule has 0 N–H and O–H groups in total. The van der Waals surface area contributed by atoms with Gasteiger partial charge in [0.05, 0.1) is 11.1 Å². The van der Waals surface area contributed by atoms with Crippen molar-refractivity contribution in [3.63, 3.8) is 0 Å². The number of fused-ring (bicyclic) bond motifs is 1. The van der Waals surface area contributed by atoms with Crippen molar-refractivity contribution in [1.82, 2.24) is 0 Å². The van der Waals surface area contributed by atoms with Crippen molar-refractivity contribution in [3.8, 4) is 11.1 Å². The Morgan fingerprint density at radius 2 is 1.81 bits per heavy atom. The first-order chi connectivity index (χ1) is 15.2. The van der Waals surface area contributed by atoms with Crippen LogP contribution in [0.2, 0.25) is 0 Å². The molecule has 0 spiro atoms. The largest absolute Gasteiger partial charge is 0.458 e. The molecule has 168 valence electrons. The van der Waals surface area contributed by atoms with Crippen molar-refractivity contribution in [2.24, 2.45) is 0 Å². The third-order valence-corrected chi connectivity index (χ3v) is 5.10. The lowest BCUT2D eigenvalue weighted by Gasteiger charge is -2.15. The van der Waals surface area contributed by atoms with Gasteiger partial charge in [-0.2, -0.15) is 13.2 Å². The minimum absolute atomic E-state index is 0.0516. The van der Waals surface area contributed by atoms with E-state index >= 15 is 0 Å². The summed E-state index contributed by atoms with van der Waals surface area (Å²) < 4.78 is 51.7. The van der Waals surface area contributed by atoms with E-state index in [2.05, 4.69) is 6.58 Å². The van der Waals surface area contributed by atoms with E-state index < -0.39 is 23.3 Å². The highest BCUT2D eigenvalue weighted by molar-refractivity contribution is 5.83. The Morgan fingerprint density at radius 1 is 1.06 bits per heavy atom. The minimum atomic E-state index is -4.61. The topological polar surface area (TPSA) is 56.5 Å². The monoisotopic (exact) mass is 444 g/mol. The molecule has 0 fully saturated rings. The van der Waals surface area contributed by atoms with E-state index in [0.717, 1.165) is 31.4 Å². The van der Waals surface area contributed by atoms with E-state index in [-0.39, 0.29) is 23.3 Å². The molecule has 2 aromatic carbocycles. The smallest absolute Gasteiger partial charge is 0.417 e. The summed E-state index contributed by atoms with van der Waals surface area (Å²) in [7, 11) is 0. The maximum Gasteiger partial charge on any atom is 0.417 e. The second kappa shape index (κ2) is 9.85. The molecule has 7 heteroatoms. The fraction of sp³-hybridized carbons (Fsp3) is 0.280. The number of ether oxygens (including phenoxy) is 1. The highest BCUT2D eigenvalue weighted by atomic mass is 19.4. The molecule has 0 aliphatic carbocycles. The van der Waals surface area contributed by atoms with Gasteiger partial charge in [-0.15, -0.1) is 0 Å². The van der Waals surface area contributed by atoms with Crippen molar-refractivity contribution in [2.75, 3.05) is 0 Å². The predicted octanol–water partition coefficient (Wildman–Crippen LogP) is 6.44. The number of hydrogen-bond donors (Lipinski definition) is 0. The number of benzene rings is 2. The lowest BCUT2D eigenvalue weighted by atomic mass is 9.95. The van der Waals surface area contributed by atoms with Crippen LogP contribution in [-0.4, -0.2) is 5.97 Å². The maximum absolute atomic E-state index is 13.8. The van der Waals surface area contributed by atoms with Gasteiger partial charge in [-0.3, -0.25) is 0 Å². The Bertz CT molecular complexity index is 1190. The first-order valence-corrected chi connectivity index (χ1v) is 10.3. The van der Waals surface area contributed by atoms with Crippen molar-refractivity contribution in [3.05, 3.63) is 82.2 Å². The van der Waals surface area contributed by atoms with Gasteiger partial charge in [-0.05, 0) is 42.2 Å². The van der Waals surface area contributed by atoms with Gasteiger partial charge in [0.25, 0.3) is 0 Å². The van der Waals surface area contributed by atoms with E-state index in [4.69, 9.17) is 9.15 Å². The van der Waals surface area contributed by atoms with Crippen LogP contribution in [0.4, 0.5) is 13.2 Å². The third kappa shape index (κ3) is 5.46. The molecule has 0 saturated heterocycles. The maximum atomic E-state index is 13.8. The second-order valence-corrected chi connectivity index (χ2v) is 7.47. The van der Waals surface area contributed by atoms with Gasteiger partial charge >= 0.3 is 17.8 Å². The lowest BCUT2D eigenvalue weighted by Crippen LogP contribution is -2.12. The van der Waals surface area contributed by atoms with Crippen LogP contribution in [0.15, 0.2) is 64.3 Å². The molecule has 4 nitrogen and oxygen atoms in total. The lowest BCUT2D eigenvalue weighted by molar-refractivity contribution is -0.139.